The average molecular weight is 152 g/mol. The van der Waals surface area contributed by atoms with E-state index in [-0.39, 0.29) is 0 Å². The van der Waals surface area contributed by atoms with Gasteiger partial charge in [0, 0.05) is 0 Å². The Labute approximate surface area is 70.7 Å². The summed E-state index contributed by atoms with van der Waals surface area (Å²) in [6, 6.07) is 0. The van der Waals surface area contributed by atoms with Gasteiger partial charge < -0.3 is 0 Å². The van der Waals surface area contributed by atoms with E-state index < -0.39 is 0 Å². The highest BCUT2D eigenvalue weighted by Crippen LogP contribution is 2.45. The van der Waals surface area contributed by atoms with E-state index in [9.17, 15) is 0 Å². The Morgan fingerprint density at radius 3 is 2.18 bits per heavy atom. The second-order valence-corrected chi connectivity index (χ2v) is 3.75. The fourth-order valence-electron chi connectivity index (χ4n) is 2.11. The molecular formula is C11H20. The molecule has 0 aromatic carbocycles. The summed E-state index contributed by atoms with van der Waals surface area (Å²) in [6.45, 7) is 9.22. The third-order valence-electron chi connectivity index (χ3n) is 3.06. The molecule has 0 aromatic rings. The molecule has 0 heteroatoms. The minimum atomic E-state index is 0.853. The molecule has 1 aliphatic carbocycles. The first-order chi connectivity index (χ1) is 5.22. The summed E-state index contributed by atoms with van der Waals surface area (Å²) < 4.78 is 0. The molecule has 0 spiro atoms. The van der Waals surface area contributed by atoms with Crippen LogP contribution in [0.4, 0.5) is 0 Å². The zero-order chi connectivity index (χ0) is 8.43. The lowest BCUT2D eigenvalue weighted by Gasteiger charge is -2.09. The number of rotatable bonds is 4. The van der Waals surface area contributed by atoms with Crippen LogP contribution in [0.5, 0.6) is 0 Å². The standard InChI is InChI=1S/C11H20/c1-5-7-10(6-2)11-8(3)9(11)4/h8,10H,5-7H2,1-4H3. The molecule has 0 aliphatic heterocycles. The summed E-state index contributed by atoms with van der Waals surface area (Å²) in [5.74, 6) is 1.77. The van der Waals surface area contributed by atoms with Gasteiger partial charge in [-0.15, -0.1) is 0 Å². The van der Waals surface area contributed by atoms with Crippen LogP contribution in [0.25, 0.3) is 0 Å². The van der Waals surface area contributed by atoms with Gasteiger partial charge in [0.1, 0.15) is 0 Å². The van der Waals surface area contributed by atoms with Crippen molar-refractivity contribution in [2.45, 2.75) is 47.0 Å². The van der Waals surface area contributed by atoms with Crippen LogP contribution in [0.1, 0.15) is 47.0 Å². The third kappa shape index (κ3) is 1.66. The fourth-order valence-corrected chi connectivity index (χ4v) is 2.11. The van der Waals surface area contributed by atoms with Crippen molar-refractivity contribution in [2.75, 3.05) is 0 Å². The minimum Gasteiger partial charge on any atom is -0.0663 e. The van der Waals surface area contributed by atoms with E-state index in [2.05, 4.69) is 27.7 Å². The average Bonchev–Trinajstić information content (AvgIpc) is 2.56. The molecule has 64 valence electrons. The zero-order valence-corrected chi connectivity index (χ0v) is 8.28. The van der Waals surface area contributed by atoms with E-state index in [1.165, 1.54) is 19.3 Å². The normalized spacial score (nSPS) is 25.6. The van der Waals surface area contributed by atoms with Crippen LogP contribution in [-0.4, -0.2) is 0 Å². The van der Waals surface area contributed by atoms with Crippen LogP contribution in [-0.2, 0) is 0 Å². The van der Waals surface area contributed by atoms with Gasteiger partial charge in [-0.1, -0.05) is 38.3 Å². The van der Waals surface area contributed by atoms with Gasteiger partial charge in [0.2, 0.25) is 0 Å². The lowest BCUT2D eigenvalue weighted by molar-refractivity contribution is 0.533. The summed E-state index contributed by atoms with van der Waals surface area (Å²) in [5, 5.41) is 0. The van der Waals surface area contributed by atoms with Crippen LogP contribution < -0.4 is 0 Å². The van der Waals surface area contributed by atoms with E-state index in [1.54, 1.807) is 11.1 Å². The lowest BCUT2D eigenvalue weighted by atomic mass is 9.96. The van der Waals surface area contributed by atoms with Crippen LogP contribution in [0, 0.1) is 11.8 Å². The van der Waals surface area contributed by atoms with Crippen LogP contribution in [0.3, 0.4) is 0 Å². The molecule has 0 bridgehead atoms. The molecule has 1 aliphatic rings. The van der Waals surface area contributed by atoms with Gasteiger partial charge in [-0.25, -0.2) is 0 Å². The lowest BCUT2D eigenvalue weighted by Crippen LogP contribution is -1.97. The Hall–Kier alpha value is -0.260. The van der Waals surface area contributed by atoms with E-state index >= 15 is 0 Å². The highest BCUT2D eigenvalue weighted by atomic mass is 14.4. The van der Waals surface area contributed by atoms with Gasteiger partial charge in [0.05, 0.1) is 0 Å². The smallest absolute Gasteiger partial charge is 0.00156 e. The largest absolute Gasteiger partial charge is 0.0663 e. The molecule has 1 rings (SSSR count). The Kier molecular flexibility index (Phi) is 2.75. The second-order valence-electron chi connectivity index (χ2n) is 3.75. The van der Waals surface area contributed by atoms with Crippen LogP contribution in [0.15, 0.2) is 11.1 Å². The van der Waals surface area contributed by atoms with Crippen molar-refractivity contribution in [3.8, 4) is 0 Å². The predicted molar refractivity (Wildman–Crippen MR) is 50.6 cm³/mol. The van der Waals surface area contributed by atoms with Crippen LogP contribution >= 0.6 is 0 Å². The molecule has 0 amide bonds. The maximum Gasteiger partial charge on any atom is -0.00156 e. The third-order valence-corrected chi connectivity index (χ3v) is 3.06. The first kappa shape index (κ1) is 8.83. The summed E-state index contributed by atoms with van der Waals surface area (Å²) >= 11 is 0. The number of hydrogen-bond donors (Lipinski definition) is 0. The van der Waals surface area contributed by atoms with E-state index in [4.69, 9.17) is 0 Å². The van der Waals surface area contributed by atoms with Gasteiger partial charge in [-0.2, -0.15) is 0 Å². The molecule has 2 unspecified atom stereocenters. The fraction of sp³-hybridized carbons (Fsp3) is 0.818. The highest BCUT2D eigenvalue weighted by Gasteiger charge is 2.32. The topological polar surface area (TPSA) is 0 Å². The van der Waals surface area contributed by atoms with Crippen molar-refractivity contribution in [2.24, 2.45) is 11.8 Å². The van der Waals surface area contributed by atoms with Gasteiger partial charge in [0.25, 0.3) is 0 Å². The second kappa shape index (κ2) is 3.42. The van der Waals surface area contributed by atoms with Crippen molar-refractivity contribution in [3.05, 3.63) is 11.1 Å². The minimum absolute atomic E-state index is 0.853. The first-order valence-corrected chi connectivity index (χ1v) is 4.92. The van der Waals surface area contributed by atoms with Gasteiger partial charge >= 0.3 is 0 Å². The van der Waals surface area contributed by atoms with E-state index in [0.29, 0.717) is 0 Å². The van der Waals surface area contributed by atoms with Crippen molar-refractivity contribution in [1.29, 1.82) is 0 Å². The van der Waals surface area contributed by atoms with Gasteiger partial charge in [0.15, 0.2) is 0 Å². The maximum absolute atomic E-state index is 2.34. The van der Waals surface area contributed by atoms with Crippen LogP contribution in [0.2, 0.25) is 0 Å². The Bertz CT molecular complexity index is 165. The summed E-state index contributed by atoms with van der Waals surface area (Å²) in [4.78, 5) is 0. The molecule has 0 nitrogen and oxygen atoms in total. The Balaban J connectivity index is 2.44. The summed E-state index contributed by atoms with van der Waals surface area (Å²) in [6.07, 6.45) is 4.07. The molecular weight excluding hydrogens is 132 g/mol. The quantitative estimate of drug-likeness (QED) is 0.538. The van der Waals surface area contributed by atoms with Crippen molar-refractivity contribution in [1.82, 2.24) is 0 Å². The first-order valence-electron chi connectivity index (χ1n) is 4.92. The molecule has 0 aromatic heterocycles. The van der Waals surface area contributed by atoms with E-state index in [1.807, 2.05) is 0 Å². The summed E-state index contributed by atoms with van der Waals surface area (Å²) in [5.41, 5.74) is 3.44. The molecule has 0 N–H and O–H groups in total. The van der Waals surface area contributed by atoms with Crippen molar-refractivity contribution in [3.63, 3.8) is 0 Å². The Morgan fingerprint density at radius 1 is 1.36 bits per heavy atom. The predicted octanol–water partition coefficient (Wildman–Crippen LogP) is 3.78. The number of hydrogen-bond acceptors (Lipinski definition) is 0. The van der Waals surface area contributed by atoms with Crippen molar-refractivity contribution >= 4 is 0 Å². The maximum atomic E-state index is 2.34. The molecule has 2 atom stereocenters. The molecule has 0 saturated carbocycles. The number of allylic oxidation sites excluding steroid dienone is 2. The monoisotopic (exact) mass is 152 g/mol. The molecule has 0 heterocycles. The van der Waals surface area contributed by atoms with E-state index in [0.717, 1.165) is 11.8 Å². The molecule has 0 saturated heterocycles. The SMILES string of the molecule is CCCC(CC)C1=C(C)C1C. The molecule has 11 heavy (non-hydrogen) atoms. The zero-order valence-electron chi connectivity index (χ0n) is 8.28. The highest BCUT2D eigenvalue weighted by molar-refractivity contribution is 5.39. The Morgan fingerprint density at radius 2 is 1.91 bits per heavy atom. The van der Waals surface area contributed by atoms with Gasteiger partial charge in [-0.05, 0) is 31.6 Å². The summed E-state index contributed by atoms with van der Waals surface area (Å²) in [7, 11) is 0. The molecule has 0 fully saturated rings. The van der Waals surface area contributed by atoms with Crippen molar-refractivity contribution < 1.29 is 0 Å². The molecule has 0 radical (unpaired) electrons. The van der Waals surface area contributed by atoms with Gasteiger partial charge in [-0.3, -0.25) is 0 Å².